The summed E-state index contributed by atoms with van der Waals surface area (Å²) in [5.41, 5.74) is -1.00. The summed E-state index contributed by atoms with van der Waals surface area (Å²) >= 11 is 0. The molecule has 1 fully saturated rings. The first-order valence-corrected chi connectivity index (χ1v) is 4.20. The maximum Gasteiger partial charge on any atom is 0.326 e. The molecular weight excluding hydrogens is 174 g/mol. The second-order valence-corrected chi connectivity index (χ2v) is 3.36. The van der Waals surface area contributed by atoms with E-state index in [1.165, 1.54) is 0 Å². The summed E-state index contributed by atoms with van der Waals surface area (Å²) in [6.45, 7) is 2.89. The quantitative estimate of drug-likeness (QED) is 0.608. The zero-order valence-corrected chi connectivity index (χ0v) is 7.87. The van der Waals surface area contributed by atoms with Gasteiger partial charge in [0.2, 0.25) is 0 Å². The number of ether oxygens (including phenoxy) is 2. The molecule has 0 aromatic rings. The van der Waals surface area contributed by atoms with Crippen LogP contribution < -0.4 is 5.32 Å². The molecule has 1 rings (SSSR count). The lowest BCUT2D eigenvalue weighted by atomic mass is 10.1. The normalized spacial score (nSPS) is 22.0. The number of carboxylic acids is 1. The van der Waals surface area contributed by atoms with Gasteiger partial charge < -0.3 is 19.9 Å². The van der Waals surface area contributed by atoms with Crippen LogP contribution in [0.25, 0.3) is 0 Å². The third kappa shape index (κ3) is 2.40. The Morgan fingerprint density at radius 2 is 2.38 bits per heavy atom. The van der Waals surface area contributed by atoms with Gasteiger partial charge in [-0.05, 0) is 14.0 Å². The molecule has 0 aromatic heterocycles. The zero-order valence-electron chi connectivity index (χ0n) is 7.87. The molecule has 5 nitrogen and oxygen atoms in total. The first-order valence-electron chi connectivity index (χ1n) is 4.20. The zero-order chi connectivity index (χ0) is 9.90. The van der Waals surface area contributed by atoms with Crippen molar-refractivity contribution >= 4 is 5.97 Å². The lowest BCUT2D eigenvalue weighted by molar-refractivity contribution is -0.160. The van der Waals surface area contributed by atoms with Gasteiger partial charge in [-0.2, -0.15) is 0 Å². The number of hydrogen-bond donors (Lipinski definition) is 2. The summed E-state index contributed by atoms with van der Waals surface area (Å²) < 4.78 is 10.2. The summed E-state index contributed by atoms with van der Waals surface area (Å²) in [7, 11) is 1.61. The maximum atomic E-state index is 10.8. The van der Waals surface area contributed by atoms with Crippen LogP contribution in [0.1, 0.15) is 6.92 Å². The molecule has 76 valence electrons. The van der Waals surface area contributed by atoms with Crippen LogP contribution in [-0.4, -0.2) is 49.6 Å². The number of nitrogens with one attached hydrogen (secondary N) is 1. The van der Waals surface area contributed by atoms with Crippen LogP contribution in [0.2, 0.25) is 0 Å². The average molecular weight is 189 g/mol. The fourth-order valence-corrected chi connectivity index (χ4v) is 0.836. The largest absolute Gasteiger partial charge is 0.480 e. The number of carboxylic acid groups (broad SMARTS) is 1. The first kappa shape index (κ1) is 10.4. The summed E-state index contributed by atoms with van der Waals surface area (Å²) in [6.07, 6.45) is 0.0621. The van der Waals surface area contributed by atoms with E-state index in [0.717, 1.165) is 0 Å². The van der Waals surface area contributed by atoms with Crippen molar-refractivity contribution in [2.24, 2.45) is 0 Å². The van der Waals surface area contributed by atoms with E-state index < -0.39 is 11.5 Å². The van der Waals surface area contributed by atoms with Gasteiger partial charge >= 0.3 is 5.97 Å². The Balaban J connectivity index is 2.33. The molecule has 0 saturated carbocycles. The Kier molecular flexibility index (Phi) is 3.24. The van der Waals surface area contributed by atoms with Gasteiger partial charge in [-0.25, -0.2) is 0 Å². The molecule has 0 spiro atoms. The van der Waals surface area contributed by atoms with E-state index in [9.17, 15) is 4.79 Å². The molecule has 0 bridgehead atoms. The Hall–Kier alpha value is -0.650. The average Bonchev–Trinajstić information content (AvgIpc) is 2.01. The van der Waals surface area contributed by atoms with E-state index in [-0.39, 0.29) is 12.7 Å². The van der Waals surface area contributed by atoms with E-state index >= 15 is 0 Å². The van der Waals surface area contributed by atoms with Crippen LogP contribution in [0.15, 0.2) is 0 Å². The predicted molar refractivity (Wildman–Crippen MR) is 45.7 cm³/mol. The molecular formula is C8H15NO4. The summed E-state index contributed by atoms with van der Waals surface area (Å²) in [5, 5.41) is 11.6. The lowest BCUT2D eigenvalue weighted by Gasteiger charge is -2.31. The molecule has 5 heteroatoms. The molecule has 1 aliphatic rings. The van der Waals surface area contributed by atoms with E-state index in [1.54, 1.807) is 14.0 Å². The van der Waals surface area contributed by atoms with Crippen molar-refractivity contribution in [1.82, 2.24) is 5.32 Å². The van der Waals surface area contributed by atoms with Crippen molar-refractivity contribution in [3.63, 3.8) is 0 Å². The molecule has 1 heterocycles. The molecule has 0 aromatic carbocycles. The summed E-state index contributed by atoms with van der Waals surface area (Å²) in [4.78, 5) is 10.8. The highest BCUT2D eigenvalue weighted by Crippen LogP contribution is 2.10. The van der Waals surface area contributed by atoms with E-state index in [2.05, 4.69) is 5.32 Å². The van der Waals surface area contributed by atoms with Gasteiger partial charge in [0.05, 0.1) is 19.8 Å². The topological polar surface area (TPSA) is 67.8 Å². The number of rotatable bonds is 5. The van der Waals surface area contributed by atoms with Crippen molar-refractivity contribution < 1.29 is 19.4 Å². The highest BCUT2D eigenvalue weighted by molar-refractivity contribution is 5.78. The Morgan fingerprint density at radius 3 is 2.69 bits per heavy atom. The second-order valence-electron chi connectivity index (χ2n) is 3.36. The minimum absolute atomic E-state index is 0.0621. The van der Waals surface area contributed by atoms with Crippen molar-refractivity contribution in [2.45, 2.75) is 18.6 Å². The highest BCUT2D eigenvalue weighted by atomic mass is 16.6. The van der Waals surface area contributed by atoms with Crippen LogP contribution in [0.4, 0.5) is 0 Å². The lowest BCUT2D eigenvalue weighted by Crippen LogP contribution is -2.53. The molecule has 0 aliphatic carbocycles. The van der Waals surface area contributed by atoms with Gasteiger partial charge in [-0.3, -0.25) is 4.79 Å². The van der Waals surface area contributed by atoms with Crippen LogP contribution >= 0.6 is 0 Å². The van der Waals surface area contributed by atoms with E-state index in [1.807, 2.05) is 0 Å². The van der Waals surface area contributed by atoms with Gasteiger partial charge in [0.25, 0.3) is 0 Å². The Bertz CT molecular complexity index is 193. The van der Waals surface area contributed by atoms with Crippen molar-refractivity contribution in [2.75, 3.05) is 26.9 Å². The van der Waals surface area contributed by atoms with Crippen LogP contribution in [0.3, 0.4) is 0 Å². The molecule has 0 radical (unpaired) electrons. The van der Waals surface area contributed by atoms with Gasteiger partial charge in [-0.15, -0.1) is 0 Å². The van der Waals surface area contributed by atoms with Crippen molar-refractivity contribution in [3.8, 4) is 0 Å². The first-order chi connectivity index (χ1) is 6.08. The molecule has 1 aliphatic heterocycles. The summed E-state index contributed by atoms with van der Waals surface area (Å²) in [5.74, 6) is -0.907. The predicted octanol–water partition coefficient (Wildman–Crippen LogP) is -0.535. The molecule has 0 amide bonds. The highest BCUT2D eigenvalue weighted by Gasteiger charge is 2.33. The van der Waals surface area contributed by atoms with Crippen molar-refractivity contribution in [1.29, 1.82) is 0 Å². The number of likely N-dealkylation sites (N-methyl/N-ethyl adjacent to an activating group) is 1. The number of aliphatic carboxylic acids is 1. The maximum absolute atomic E-state index is 10.8. The molecule has 1 saturated heterocycles. The summed E-state index contributed by atoms with van der Waals surface area (Å²) in [6, 6.07) is 0. The number of carbonyl (C=O) groups is 1. The standard InChI is InChI=1S/C8H15NO4/c1-8(9-2,7(10)11)5-13-6-3-12-4-6/h6,9H,3-5H2,1-2H3,(H,10,11). The van der Waals surface area contributed by atoms with E-state index in [0.29, 0.717) is 13.2 Å². The molecule has 13 heavy (non-hydrogen) atoms. The van der Waals surface area contributed by atoms with Gasteiger partial charge in [0.1, 0.15) is 11.6 Å². The monoisotopic (exact) mass is 189 g/mol. The minimum Gasteiger partial charge on any atom is -0.480 e. The van der Waals surface area contributed by atoms with Crippen LogP contribution in [0, 0.1) is 0 Å². The smallest absolute Gasteiger partial charge is 0.326 e. The fourth-order valence-electron chi connectivity index (χ4n) is 0.836. The van der Waals surface area contributed by atoms with Gasteiger partial charge in [-0.1, -0.05) is 0 Å². The van der Waals surface area contributed by atoms with Crippen LogP contribution in [-0.2, 0) is 14.3 Å². The fraction of sp³-hybridized carbons (Fsp3) is 0.875. The minimum atomic E-state index is -1.00. The molecule has 1 atom stereocenters. The third-order valence-electron chi connectivity index (χ3n) is 2.24. The Labute approximate surface area is 77.0 Å². The Morgan fingerprint density at radius 1 is 1.77 bits per heavy atom. The van der Waals surface area contributed by atoms with E-state index in [4.69, 9.17) is 14.6 Å². The second kappa shape index (κ2) is 4.04. The SMILES string of the molecule is CNC(C)(COC1COC1)C(=O)O. The molecule has 2 N–H and O–H groups in total. The third-order valence-corrected chi connectivity index (χ3v) is 2.24. The molecule has 1 unspecified atom stereocenters. The van der Waals surface area contributed by atoms with Crippen LogP contribution in [0.5, 0.6) is 0 Å². The van der Waals surface area contributed by atoms with Gasteiger partial charge in [0, 0.05) is 0 Å². The van der Waals surface area contributed by atoms with Gasteiger partial charge in [0.15, 0.2) is 0 Å². The number of hydrogen-bond acceptors (Lipinski definition) is 4. The van der Waals surface area contributed by atoms with Crippen molar-refractivity contribution in [3.05, 3.63) is 0 Å².